The third kappa shape index (κ3) is 6.78. The van der Waals surface area contributed by atoms with E-state index in [9.17, 15) is 9.59 Å². The van der Waals surface area contributed by atoms with E-state index in [0.29, 0.717) is 0 Å². The van der Waals surface area contributed by atoms with Crippen molar-refractivity contribution in [3.63, 3.8) is 0 Å². The summed E-state index contributed by atoms with van der Waals surface area (Å²) in [6, 6.07) is 0. The van der Waals surface area contributed by atoms with Crippen molar-refractivity contribution in [3.8, 4) is 0 Å². The van der Waals surface area contributed by atoms with Crippen molar-refractivity contribution in [1.29, 1.82) is 0 Å². The summed E-state index contributed by atoms with van der Waals surface area (Å²) < 4.78 is 9.78. The van der Waals surface area contributed by atoms with Gasteiger partial charge in [-0.1, -0.05) is 0 Å². The first-order valence-corrected chi connectivity index (χ1v) is 5.37. The fourth-order valence-electron chi connectivity index (χ4n) is 0.974. The van der Waals surface area contributed by atoms with Crippen LogP contribution in [0.5, 0.6) is 0 Å². The molecule has 0 aromatic rings. The molecule has 0 saturated carbocycles. The Morgan fingerprint density at radius 3 is 2.06 bits per heavy atom. The first-order valence-electron chi connectivity index (χ1n) is 5.37. The molecule has 0 heterocycles. The van der Waals surface area contributed by atoms with Gasteiger partial charge in [0.15, 0.2) is 0 Å². The lowest BCUT2D eigenvalue weighted by molar-refractivity contribution is -0.127. The number of methoxy groups -OCH3 is 1. The SMILES string of the molecule is COCNC(=O)C(C)(C)NC(=O)OC(C)(C)C. The minimum atomic E-state index is -1.05. The molecule has 2 amide bonds. The van der Waals surface area contributed by atoms with Gasteiger partial charge < -0.3 is 20.1 Å². The summed E-state index contributed by atoms with van der Waals surface area (Å²) in [5.74, 6) is -0.342. The molecule has 0 bridgehead atoms. The van der Waals surface area contributed by atoms with Gasteiger partial charge in [-0.05, 0) is 34.6 Å². The average Bonchev–Trinajstić information content (AvgIpc) is 2.09. The van der Waals surface area contributed by atoms with Gasteiger partial charge in [0, 0.05) is 7.11 Å². The van der Waals surface area contributed by atoms with Gasteiger partial charge in [-0.25, -0.2) is 4.79 Å². The van der Waals surface area contributed by atoms with E-state index in [0.717, 1.165) is 0 Å². The molecule has 0 aliphatic carbocycles. The van der Waals surface area contributed by atoms with Crippen molar-refractivity contribution >= 4 is 12.0 Å². The summed E-state index contributed by atoms with van der Waals surface area (Å²) >= 11 is 0. The number of hydrogen-bond donors (Lipinski definition) is 2. The summed E-state index contributed by atoms with van der Waals surface area (Å²) in [6.45, 7) is 8.53. The number of carbonyl (C=O) groups excluding carboxylic acids is 2. The van der Waals surface area contributed by atoms with Crippen LogP contribution in [0.3, 0.4) is 0 Å². The van der Waals surface area contributed by atoms with Crippen LogP contribution in [-0.2, 0) is 14.3 Å². The van der Waals surface area contributed by atoms with Crippen molar-refractivity contribution in [3.05, 3.63) is 0 Å². The minimum Gasteiger partial charge on any atom is -0.444 e. The Morgan fingerprint density at radius 1 is 1.12 bits per heavy atom. The zero-order valence-electron chi connectivity index (χ0n) is 11.3. The van der Waals surface area contributed by atoms with Crippen LogP contribution in [-0.4, -0.2) is 37.0 Å². The maximum absolute atomic E-state index is 11.7. The summed E-state index contributed by atoms with van der Waals surface area (Å²) in [5, 5.41) is 5.00. The third-order valence-electron chi connectivity index (χ3n) is 1.76. The van der Waals surface area contributed by atoms with Gasteiger partial charge in [0.25, 0.3) is 0 Å². The van der Waals surface area contributed by atoms with E-state index in [-0.39, 0.29) is 12.6 Å². The van der Waals surface area contributed by atoms with Crippen LogP contribution in [0.4, 0.5) is 4.79 Å². The van der Waals surface area contributed by atoms with Crippen molar-refractivity contribution < 1.29 is 19.1 Å². The number of rotatable bonds is 4. The van der Waals surface area contributed by atoms with Crippen LogP contribution in [0, 0.1) is 0 Å². The molecule has 0 spiro atoms. The highest BCUT2D eigenvalue weighted by atomic mass is 16.6. The number of amides is 2. The Morgan fingerprint density at radius 2 is 1.65 bits per heavy atom. The van der Waals surface area contributed by atoms with Gasteiger partial charge in [0.05, 0.1) is 0 Å². The fourth-order valence-corrected chi connectivity index (χ4v) is 0.974. The standard InChI is InChI=1S/C11H22N2O4/c1-10(2,3)17-9(15)13-11(4,5)8(14)12-7-16-6/h7H2,1-6H3,(H,12,14)(H,13,15). The molecular weight excluding hydrogens is 224 g/mol. The van der Waals surface area contributed by atoms with E-state index < -0.39 is 17.2 Å². The van der Waals surface area contributed by atoms with Crippen molar-refractivity contribution in [1.82, 2.24) is 10.6 Å². The van der Waals surface area contributed by atoms with Crippen LogP contribution in [0.25, 0.3) is 0 Å². The molecule has 0 aromatic carbocycles. The summed E-state index contributed by atoms with van der Waals surface area (Å²) in [6.07, 6.45) is -0.630. The topological polar surface area (TPSA) is 76.7 Å². The predicted molar refractivity (Wildman–Crippen MR) is 63.5 cm³/mol. The van der Waals surface area contributed by atoms with E-state index in [1.165, 1.54) is 7.11 Å². The molecule has 0 radical (unpaired) electrons. The lowest BCUT2D eigenvalue weighted by Crippen LogP contribution is -2.55. The summed E-state index contributed by atoms with van der Waals surface area (Å²) in [4.78, 5) is 23.2. The lowest BCUT2D eigenvalue weighted by Gasteiger charge is -2.27. The maximum Gasteiger partial charge on any atom is 0.408 e. The molecule has 0 saturated heterocycles. The first-order chi connectivity index (χ1) is 7.58. The van der Waals surface area contributed by atoms with Crippen molar-refractivity contribution in [2.45, 2.75) is 45.8 Å². The Bertz CT molecular complexity index is 282. The van der Waals surface area contributed by atoms with Crippen LogP contribution in [0.1, 0.15) is 34.6 Å². The maximum atomic E-state index is 11.7. The molecule has 2 N–H and O–H groups in total. The largest absolute Gasteiger partial charge is 0.444 e. The van der Waals surface area contributed by atoms with E-state index in [4.69, 9.17) is 9.47 Å². The summed E-state index contributed by atoms with van der Waals surface area (Å²) in [7, 11) is 1.47. The molecule has 0 aromatic heterocycles. The average molecular weight is 246 g/mol. The number of hydrogen-bond acceptors (Lipinski definition) is 4. The number of carbonyl (C=O) groups is 2. The molecule has 0 fully saturated rings. The highest BCUT2D eigenvalue weighted by Crippen LogP contribution is 2.09. The van der Waals surface area contributed by atoms with Gasteiger partial charge in [-0.15, -0.1) is 0 Å². The van der Waals surface area contributed by atoms with E-state index in [2.05, 4.69) is 10.6 Å². The Kier molecular flexibility index (Phi) is 5.41. The van der Waals surface area contributed by atoms with Crippen molar-refractivity contribution in [2.24, 2.45) is 0 Å². The Labute approximate surface area is 102 Å². The molecular formula is C11H22N2O4. The van der Waals surface area contributed by atoms with E-state index >= 15 is 0 Å². The van der Waals surface area contributed by atoms with Gasteiger partial charge in [0.2, 0.25) is 5.91 Å². The molecule has 100 valence electrons. The Balaban J connectivity index is 4.33. The molecule has 0 aliphatic rings. The van der Waals surface area contributed by atoms with Gasteiger partial charge in [-0.2, -0.15) is 0 Å². The second kappa shape index (κ2) is 5.86. The smallest absolute Gasteiger partial charge is 0.408 e. The monoisotopic (exact) mass is 246 g/mol. The third-order valence-corrected chi connectivity index (χ3v) is 1.76. The molecule has 17 heavy (non-hydrogen) atoms. The van der Waals surface area contributed by atoms with Gasteiger partial charge in [0.1, 0.15) is 17.9 Å². The first kappa shape index (κ1) is 15.7. The number of ether oxygens (including phenoxy) is 2. The normalized spacial score (nSPS) is 11.9. The number of nitrogens with one attached hydrogen (secondary N) is 2. The van der Waals surface area contributed by atoms with Crippen LogP contribution < -0.4 is 10.6 Å². The van der Waals surface area contributed by atoms with Gasteiger partial charge >= 0.3 is 6.09 Å². The van der Waals surface area contributed by atoms with Crippen LogP contribution in [0.15, 0.2) is 0 Å². The molecule has 0 rings (SSSR count). The highest BCUT2D eigenvalue weighted by molar-refractivity contribution is 5.89. The molecule has 6 heteroatoms. The summed E-state index contributed by atoms with van der Waals surface area (Å²) in [5.41, 5.74) is -1.65. The van der Waals surface area contributed by atoms with E-state index in [1.54, 1.807) is 34.6 Å². The van der Waals surface area contributed by atoms with Crippen LogP contribution in [0.2, 0.25) is 0 Å². The van der Waals surface area contributed by atoms with E-state index in [1.807, 2.05) is 0 Å². The van der Waals surface area contributed by atoms with Gasteiger partial charge in [-0.3, -0.25) is 4.79 Å². The molecule has 0 unspecified atom stereocenters. The zero-order valence-corrected chi connectivity index (χ0v) is 11.3. The molecule has 0 aliphatic heterocycles. The predicted octanol–water partition coefficient (Wildman–Crippen LogP) is 1.01. The van der Waals surface area contributed by atoms with Crippen molar-refractivity contribution in [2.75, 3.05) is 13.8 Å². The zero-order chi connectivity index (χ0) is 13.7. The lowest BCUT2D eigenvalue weighted by atomic mass is 10.1. The Hall–Kier alpha value is -1.30. The molecule has 0 atom stereocenters. The second-order valence-electron chi connectivity index (χ2n) is 5.19. The fraction of sp³-hybridized carbons (Fsp3) is 0.818. The van der Waals surface area contributed by atoms with Crippen LogP contribution >= 0.6 is 0 Å². The second-order valence-corrected chi connectivity index (χ2v) is 5.19. The highest BCUT2D eigenvalue weighted by Gasteiger charge is 2.31. The number of alkyl carbamates (subject to hydrolysis) is 1. The quantitative estimate of drug-likeness (QED) is 0.726. The minimum absolute atomic E-state index is 0.0955. The molecule has 6 nitrogen and oxygen atoms in total.